The number of benzene rings is 1. The normalized spacial score (nSPS) is 23.4. The molecule has 0 bridgehead atoms. The maximum absolute atomic E-state index is 14.1. The van der Waals surface area contributed by atoms with Gasteiger partial charge in [-0.3, -0.25) is 9.58 Å². The first kappa shape index (κ1) is 21.0. The Morgan fingerprint density at radius 1 is 1.31 bits per heavy atom. The lowest BCUT2D eigenvalue weighted by Gasteiger charge is -2.27. The molecule has 4 heterocycles. The standard InChI is InChI=1S/C22H28FN5O4/c1-14(23)19-12-32-22(29)28(19)21-10-18-17-5-4-15(9-20(17)31-8-7-27(18)25-21)26-6-2-3-16(26)11-30-13-24/h4-5,9-10,14,16,19H,2-3,6-8,11-13,24H2,1H3/t14?,16-,19-/m0/s1. The van der Waals surface area contributed by atoms with Crippen molar-refractivity contribution < 1.29 is 23.4 Å². The average Bonchev–Trinajstić information content (AvgIpc) is 3.48. The van der Waals surface area contributed by atoms with Crippen LogP contribution in [0.2, 0.25) is 0 Å². The summed E-state index contributed by atoms with van der Waals surface area (Å²) in [5.41, 5.74) is 8.29. The van der Waals surface area contributed by atoms with E-state index in [-0.39, 0.29) is 13.3 Å². The predicted molar refractivity (Wildman–Crippen MR) is 117 cm³/mol. The van der Waals surface area contributed by atoms with E-state index < -0.39 is 18.3 Å². The average molecular weight is 445 g/mol. The Bertz CT molecular complexity index is 997. The molecule has 2 N–H and O–H groups in total. The number of aromatic nitrogens is 2. The second-order valence-electron chi connectivity index (χ2n) is 8.36. The fourth-order valence-corrected chi connectivity index (χ4v) is 4.76. The van der Waals surface area contributed by atoms with Crippen molar-refractivity contribution in [1.82, 2.24) is 9.78 Å². The molecular formula is C22H28FN5O4. The molecule has 172 valence electrons. The lowest BCUT2D eigenvalue weighted by Crippen LogP contribution is -2.39. The van der Waals surface area contributed by atoms with E-state index in [9.17, 15) is 9.18 Å². The van der Waals surface area contributed by atoms with Crippen LogP contribution in [0, 0.1) is 0 Å². The van der Waals surface area contributed by atoms with Crippen molar-refractivity contribution in [1.29, 1.82) is 0 Å². The van der Waals surface area contributed by atoms with Crippen molar-refractivity contribution in [2.75, 3.05) is 42.9 Å². The van der Waals surface area contributed by atoms with Crippen LogP contribution < -0.4 is 20.3 Å². The number of fused-ring (bicyclic) bond motifs is 3. The van der Waals surface area contributed by atoms with Crippen molar-refractivity contribution >= 4 is 17.6 Å². The van der Waals surface area contributed by atoms with E-state index in [1.807, 2.05) is 12.1 Å². The maximum Gasteiger partial charge on any atom is 0.416 e. The lowest BCUT2D eigenvalue weighted by atomic mass is 10.1. The fraction of sp³-hybridized carbons (Fsp3) is 0.545. The van der Waals surface area contributed by atoms with Gasteiger partial charge in [0.25, 0.3) is 0 Å². The first-order valence-corrected chi connectivity index (χ1v) is 11.1. The summed E-state index contributed by atoms with van der Waals surface area (Å²) < 4.78 is 32.4. The zero-order valence-corrected chi connectivity index (χ0v) is 18.1. The van der Waals surface area contributed by atoms with Crippen molar-refractivity contribution in [3.05, 3.63) is 24.3 Å². The molecule has 2 saturated heterocycles. The van der Waals surface area contributed by atoms with Gasteiger partial charge in [-0.05, 0) is 31.9 Å². The summed E-state index contributed by atoms with van der Waals surface area (Å²) in [7, 11) is 0. The van der Waals surface area contributed by atoms with Gasteiger partial charge in [-0.2, -0.15) is 5.10 Å². The van der Waals surface area contributed by atoms with Crippen LogP contribution in [-0.2, 0) is 16.0 Å². The Hall–Kier alpha value is -2.85. The van der Waals surface area contributed by atoms with Crippen molar-refractivity contribution in [2.24, 2.45) is 5.73 Å². The zero-order chi connectivity index (χ0) is 22.2. The van der Waals surface area contributed by atoms with Gasteiger partial charge in [0.05, 0.1) is 31.6 Å². The molecule has 1 amide bonds. The summed E-state index contributed by atoms with van der Waals surface area (Å²) in [4.78, 5) is 15.9. The molecule has 9 nitrogen and oxygen atoms in total. The Kier molecular flexibility index (Phi) is 5.64. The number of amides is 1. The van der Waals surface area contributed by atoms with Gasteiger partial charge in [0.2, 0.25) is 0 Å². The van der Waals surface area contributed by atoms with Crippen LogP contribution in [-0.4, -0.2) is 67.2 Å². The molecule has 0 saturated carbocycles. The molecule has 0 spiro atoms. The fourth-order valence-electron chi connectivity index (χ4n) is 4.76. The first-order valence-electron chi connectivity index (χ1n) is 11.1. The van der Waals surface area contributed by atoms with Gasteiger partial charge >= 0.3 is 6.09 Å². The van der Waals surface area contributed by atoms with E-state index in [0.29, 0.717) is 31.6 Å². The molecule has 10 heteroatoms. The van der Waals surface area contributed by atoms with E-state index in [1.54, 1.807) is 4.68 Å². The van der Waals surface area contributed by atoms with Gasteiger partial charge < -0.3 is 24.8 Å². The minimum atomic E-state index is -1.22. The van der Waals surface area contributed by atoms with Crippen molar-refractivity contribution in [3.63, 3.8) is 0 Å². The predicted octanol–water partition coefficient (Wildman–Crippen LogP) is 2.53. The summed E-state index contributed by atoms with van der Waals surface area (Å²) in [6, 6.07) is 7.56. The highest BCUT2D eigenvalue weighted by atomic mass is 19.1. The number of halogens is 1. The number of nitrogens with two attached hydrogens (primary N) is 1. The minimum Gasteiger partial charge on any atom is -0.491 e. The van der Waals surface area contributed by atoms with Gasteiger partial charge in [0, 0.05) is 29.9 Å². The van der Waals surface area contributed by atoms with Gasteiger partial charge in [-0.25, -0.2) is 9.18 Å². The van der Waals surface area contributed by atoms with Crippen LogP contribution in [0.4, 0.5) is 20.7 Å². The van der Waals surface area contributed by atoms with Gasteiger partial charge in [0.1, 0.15) is 31.2 Å². The molecule has 1 unspecified atom stereocenters. The second kappa shape index (κ2) is 8.59. The van der Waals surface area contributed by atoms with E-state index in [1.165, 1.54) is 11.8 Å². The number of hydrogen-bond acceptors (Lipinski definition) is 7. The van der Waals surface area contributed by atoms with Crippen LogP contribution >= 0.6 is 0 Å². The summed E-state index contributed by atoms with van der Waals surface area (Å²) >= 11 is 0. The molecule has 0 aliphatic carbocycles. The largest absolute Gasteiger partial charge is 0.491 e. The van der Waals surface area contributed by atoms with Gasteiger partial charge in [-0.15, -0.1) is 0 Å². The van der Waals surface area contributed by atoms with Gasteiger partial charge in [-0.1, -0.05) is 0 Å². The molecule has 1 aromatic carbocycles. The number of nitrogens with zero attached hydrogens (tertiary/aromatic N) is 4. The molecular weight excluding hydrogens is 417 g/mol. The first-order chi connectivity index (χ1) is 15.6. The lowest BCUT2D eigenvalue weighted by molar-refractivity contribution is 0.128. The minimum absolute atomic E-state index is 0.0205. The molecule has 3 aliphatic rings. The summed E-state index contributed by atoms with van der Waals surface area (Å²) in [5, 5.41) is 4.58. The smallest absolute Gasteiger partial charge is 0.416 e. The molecule has 1 aromatic heterocycles. The Morgan fingerprint density at radius 3 is 3.00 bits per heavy atom. The quantitative estimate of drug-likeness (QED) is 0.683. The monoisotopic (exact) mass is 445 g/mol. The Labute approximate surface area is 185 Å². The highest BCUT2D eigenvalue weighted by molar-refractivity contribution is 5.90. The third-order valence-electron chi connectivity index (χ3n) is 6.39. The van der Waals surface area contributed by atoms with Crippen LogP contribution in [0.15, 0.2) is 24.3 Å². The summed E-state index contributed by atoms with van der Waals surface area (Å²) in [5.74, 6) is 1.16. The third kappa shape index (κ3) is 3.67. The molecule has 5 rings (SSSR count). The molecule has 3 aliphatic heterocycles. The molecule has 0 radical (unpaired) electrons. The van der Waals surface area contributed by atoms with E-state index in [2.05, 4.69) is 22.1 Å². The second-order valence-corrected chi connectivity index (χ2v) is 8.36. The van der Waals surface area contributed by atoms with Crippen molar-refractivity contribution in [3.8, 4) is 17.0 Å². The van der Waals surface area contributed by atoms with Crippen LogP contribution in [0.25, 0.3) is 11.3 Å². The summed E-state index contributed by atoms with van der Waals surface area (Å²) in [6.45, 7) is 4.19. The number of carbonyl (C=O) groups excluding carboxylic acids is 1. The number of anilines is 2. The number of rotatable bonds is 6. The van der Waals surface area contributed by atoms with E-state index in [0.717, 1.165) is 42.1 Å². The van der Waals surface area contributed by atoms with Crippen LogP contribution in [0.3, 0.4) is 0 Å². The topological polar surface area (TPSA) is 95.1 Å². The number of cyclic esters (lactones) is 1. The van der Waals surface area contributed by atoms with Crippen molar-refractivity contribution in [2.45, 2.75) is 44.6 Å². The number of hydrogen-bond donors (Lipinski definition) is 1. The highest BCUT2D eigenvalue weighted by Crippen LogP contribution is 2.39. The molecule has 2 aromatic rings. The Balaban J connectivity index is 1.46. The Morgan fingerprint density at radius 2 is 2.19 bits per heavy atom. The zero-order valence-electron chi connectivity index (χ0n) is 18.1. The van der Waals surface area contributed by atoms with Crippen LogP contribution in [0.1, 0.15) is 19.8 Å². The molecule has 3 atom stereocenters. The number of alkyl halides is 1. The SMILES string of the molecule is CC(F)[C@@H]1COC(=O)N1c1cc2n(n1)CCOc1cc(N3CCC[C@H]3COCN)ccc1-2. The third-order valence-corrected chi connectivity index (χ3v) is 6.39. The number of ether oxygens (including phenoxy) is 3. The number of carbonyl (C=O) groups is 1. The van der Waals surface area contributed by atoms with Gasteiger partial charge in [0.15, 0.2) is 5.82 Å². The molecule has 2 fully saturated rings. The van der Waals surface area contributed by atoms with E-state index >= 15 is 0 Å². The maximum atomic E-state index is 14.1. The van der Waals surface area contributed by atoms with E-state index in [4.69, 9.17) is 19.9 Å². The van der Waals surface area contributed by atoms with Crippen LogP contribution in [0.5, 0.6) is 5.75 Å². The highest BCUT2D eigenvalue weighted by Gasteiger charge is 2.40. The summed E-state index contributed by atoms with van der Waals surface area (Å²) in [6.07, 6.45) is 0.373. The molecule has 32 heavy (non-hydrogen) atoms.